The first-order valence-corrected chi connectivity index (χ1v) is 8.12. The zero-order valence-corrected chi connectivity index (χ0v) is 14.6. The van der Waals surface area contributed by atoms with E-state index >= 15 is 0 Å². The number of rotatable bonds is 4. The van der Waals surface area contributed by atoms with Gasteiger partial charge in [0.1, 0.15) is 0 Å². The van der Waals surface area contributed by atoms with E-state index in [0.717, 1.165) is 22.4 Å². The second kappa shape index (κ2) is 6.86. The number of nitrogens with one attached hydrogen (secondary N) is 1. The molecule has 0 aromatic heterocycles. The van der Waals surface area contributed by atoms with Crippen molar-refractivity contribution in [2.45, 2.75) is 46.5 Å². The average molecular weight is 310 g/mol. The molecule has 3 heteroatoms. The average Bonchev–Trinajstić information content (AvgIpc) is 2.49. The number of hydrogen-bond acceptors (Lipinski definition) is 2. The third kappa shape index (κ3) is 3.55. The van der Waals surface area contributed by atoms with Crippen LogP contribution >= 0.6 is 0 Å². The molecule has 0 aliphatic heterocycles. The van der Waals surface area contributed by atoms with Gasteiger partial charge in [-0.05, 0) is 47.6 Å². The van der Waals surface area contributed by atoms with Crippen LogP contribution in [0.5, 0.6) is 0 Å². The third-order valence-electron chi connectivity index (χ3n) is 4.23. The van der Waals surface area contributed by atoms with Crippen molar-refractivity contribution in [3.8, 4) is 0 Å². The summed E-state index contributed by atoms with van der Waals surface area (Å²) < 4.78 is 0. The lowest BCUT2D eigenvalue weighted by Crippen LogP contribution is -2.17. The normalized spacial score (nSPS) is 11.1. The van der Waals surface area contributed by atoms with Crippen LogP contribution in [0.4, 0.5) is 11.4 Å². The Morgan fingerprint density at radius 2 is 1.48 bits per heavy atom. The second-order valence-electron chi connectivity index (χ2n) is 6.59. The van der Waals surface area contributed by atoms with Crippen molar-refractivity contribution in [3.05, 3.63) is 58.7 Å². The number of amides is 1. The standard InChI is InChI=1S/C20H26N2O/c1-12(2)15-8-6-9-16(13(3)4)19(15)22-20(23)17-10-7-11-18(21)14(17)5/h6-13H,21H2,1-5H3,(H,22,23). The van der Waals surface area contributed by atoms with E-state index in [4.69, 9.17) is 5.73 Å². The van der Waals surface area contributed by atoms with Crippen molar-refractivity contribution in [2.24, 2.45) is 0 Å². The Morgan fingerprint density at radius 1 is 0.957 bits per heavy atom. The first-order valence-electron chi connectivity index (χ1n) is 8.12. The maximum atomic E-state index is 12.8. The molecule has 3 nitrogen and oxygen atoms in total. The summed E-state index contributed by atoms with van der Waals surface area (Å²) in [6, 6.07) is 11.7. The smallest absolute Gasteiger partial charge is 0.256 e. The summed E-state index contributed by atoms with van der Waals surface area (Å²) >= 11 is 0. The molecule has 0 aliphatic carbocycles. The molecule has 23 heavy (non-hydrogen) atoms. The second-order valence-corrected chi connectivity index (χ2v) is 6.59. The Labute approximate surface area is 138 Å². The lowest BCUT2D eigenvalue weighted by molar-refractivity contribution is 0.102. The van der Waals surface area contributed by atoms with Gasteiger partial charge in [-0.1, -0.05) is 52.0 Å². The molecule has 0 saturated heterocycles. The van der Waals surface area contributed by atoms with Crippen molar-refractivity contribution in [1.29, 1.82) is 0 Å². The lowest BCUT2D eigenvalue weighted by atomic mass is 9.92. The minimum Gasteiger partial charge on any atom is -0.398 e. The van der Waals surface area contributed by atoms with Crippen LogP contribution < -0.4 is 11.1 Å². The summed E-state index contributed by atoms with van der Waals surface area (Å²) in [6.07, 6.45) is 0. The zero-order chi connectivity index (χ0) is 17.1. The zero-order valence-electron chi connectivity index (χ0n) is 14.6. The van der Waals surface area contributed by atoms with Gasteiger partial charge in [-0.2, -0.15) is 0 Å². The van der Waals surface area contributed by atoms with Crippen LogP contribution in [0.15, 0.2) is 36.4 Å². The number of carbonyl (C=O) groups excluding carboxylic acids is 1. The molecule has 0 aliphatic rings. The molecule has 2 rings (SSSR count). The predicted octanol–water partition coefficient (Wildman–Crippen LogP) is 5.08. The Balaban J connectivity index is 2.46. The fraction of sp³-hybridized carbons (Fsp3) is 0.350. The van der Waals surface area contributed by atoms with Gasteiger partial charge in [-0.25, -0.2) is 0 Å². The number of carbonyl (C=O) groups is 1. The number of nitrogen functional groups attached to an aromatic ring is 1. The highest BCUT2D eigenvalue weighted by molar-refractivity contribution is 6.06. The summed E-state index contributed by atoms with van der Waals surface area (Å²) in [5.74, 6) is 0.571. The fourth-order valence-corrected chi connectivity index (χ4v) is 2.78. The minimum absolute atomic E-state index is 0.107. The molecule has 0 radical (unpaired) electrons. The lowest BCUT2D eigenvalue weighted by Gasteiger charge is -2.20. The monoisotopic (exact) mass is 310 g/mol. The number of para-hydroxylation sites is 1. The number of hydrogen-bond donors (Lipinski definition) is 2. The molecule has 1 amide bonds. The summed E-state index contributed by atoms with van der Waals surface area (Å²) in [6.45, 7) is 10.4. The Morgan fingerprint density at radius 3 is 2.00 bits per heavy atom. The molecule has 122 valence electrons. The summed E-state index contributed by atoms with van der Waals surface area (Å²) in [5, 5.41) is 3.13. The topological polar surface area (TPSA) is 55.1 Å². The number of benzene rings is 2. The van der Waals surface area contributed by atoms with Crippen molar-refractivity contribution in [3.63, 3.8) is 0 Å². The van der Waals surface area contributed by atoms with Crippen LogP contribution in [-0.2, 0) is 0 Å². The number of anilines is 2. The molecule has 0 spiro atoms. The first kappa shape index (κ1) is 17.1. The van der Waals surface area contributed by atoms with Crippen LogP contribution in [0.2, 0.25) is 0 Å². The van der Waals surface area contributed by atoms with Crippen molar-refractivity contribution < 1.29 is 4.79 Å². The fourth-order valence-electron chi connectivity index (χ4n) is 2.78. The van der Waals surface area contributed by atoms with E-state index in [2.05, 4.69) is 51.2 Å². The summed E-state index contributed by atoms with van der Waals surface area (Å²) in [7, 11) is 0. The summed E-state index contributed by atoms with van der Waals surface area (Å²) in [4.78, 5) is 12.8. The molecule has 0 bridgehead atoms. The molecule has 0 heterocycles. The maximum Gasteiger partial charge on any atom is 0.256 e. The van der Waals surface area contributed by atoms with Gasteiger partial charge in [0.15, 0.2) is 0 Å². The van der Waals surface area contributed by atoms with Crippen LogP contribution in [0.1, 0.15) is 66.6 Å². The van der Waals surface area contributed by atoms with Crippen LogP contribution in [0.25, 0.3) is 0 Å². The van der Waals surface area contributed by atoms with E-state index in [1.54, 1.807) is 0 Å². The molecule has 0 saturated carbocycles. The first-order chi connectivity index (χ1) is 10.8. The van der Waals surface area contributed by atoms with Gasteiger partial charge in [0.2, 0.25) is 0 Å². The largest absolute Gasteiger partial charge is 0.398 e. The van der Waals surface area contributed by atoms with E-state index in [1.165, 1.54) is 0 Å². The van der Waals surface area contributed by atoms with Gasteiger partial charge in [0.05, 0.1) is 0 Å². The van der Waals surface area contributed by atoms with E-state index in [9.17, 15) is 4.79 Å². The van der Waals surface area contributed by atoms with Gasteiger partial charge >= 0.3 is 0 Å². The molecule has 0 atom stereocenters. The predicted molar refractivity (Wildman–Crippen MR) is 98.2 cm³/mol. The Kier molecular flexibility index (Phi) is 5.09. The summed E-state index contributed by atoms with van der Waals surface area (Å²) in [5.41, 5.74) is 11.3. The number of nitrogens with two attached hydrogens (primary N) is 1. The molecule has 0 unspecified atom stereocenters. The highest BCUT2D eigenvalue weighted by Crippen LogP contribution is 2.33. The highest BCUT2D eigenvalue weighted by atomic mass is 16.1. The SMILES string of the molecule is Cc1c(N)cccc1C(=O)Nc1c(C(C)C)cccc1C(C)C. The highest BCUT2D eigenvalue weighted by Gasteiger charge is 2.18. The molecule has 2 aromatic carbocycles. The Hall–Kier alpha value is -2.29. The molecular weight excluding hydrogens is 284 g/mol. The van der Waals surface area contributed by atoms with Crippen molar-refractivity contribution in [1.82, 2.24) is 0 Å². The van der Waals surface area contributed by atoms with Gasteiger partial charge in [-0.3, -0.25) is 4.79 Å². The molecule has 2 aromatic rings. The van der Waals surface area contributed by atoms with Gasteiger partial charge in [0, 0.05) is 16.9 Å². The van der Waals surface area contributed by atoms with E-state index in [0.29, 0.717) is 23.1 Å². The molecule has 0 fully saturated rings. The molecule has 3 N–H and O–H groups in total. The van der Waals surface area contributed by atoms with Gasteiger partial charge in [0.25, 0.3) is 5.91 Å². The van der Waals surface area contributed by atoms with Crippen molar-refractivity contribution >= 4 is 17.3 Å². The Bertz CT molecular complexity index is 691. The van der Waals surface area contributed by atoms with Crippen molar-refractivity contribution in [2.75, 3.05) is 11.1 Å². The third-order valence-corrected chi connectivity index (χ3v) is 4.23. The van der Waals surface area contributed by atoms with E-state index in [-0.39, 0.29) is 5.91 Å². The van der Waals surface area contributed by atoms with Gasteiger partial charge in [-0.15, -0.1) is 0 Å². The van der Waals surface area contributed by atoms with Crippen LogP contribution in [0.3, 0.4) is 0 Å². The van der Waals surface area contributed by atoms with Crippen LogP contribution in [0, 0.1) is 6.92 Å². The van der Waals surface area contributed by atoms with Gasteiger partial charge < -0.3 is 11.1 Å². The minimum atomic E-state index is -0.107. The van der Waals surface area contributed by atoms with E-state index in [1.807, 2.05) is 25.1 Å². The van der Waals surface area contributed by atoms with Crippen LogP contribution in [-0.4, -0.2) is 5.91 Å². The maximum absolute atomic E-state index is 12.8. The molecular formula is C20H26N2O. The van der Waals surface area contributed by atoms with E-state index < -0.39 is 0 Å². The quantitative estimate of drug-likeness (QED) is 0.774.